The Balaban J connectivity index is 1.88. The monoisotopic (exact) mass is 165 g/mol. The van der Waals surface area contributed by atoms with E-state index in [-0.39, 0.29) is 0 Å². The van der Waals surface area contributed by atoms with E-state index < -0.39 is 0 Å². The van der Waals surface area contributed by atoms with Crippen LogP contribution in [0, 0.1) is 5.92 Å². The predicted molar refractivity (Wildman–Crippen MR) is 42.8 cm³/mol. The molecule has 0 amide bonds. The van der Waals surface area contributed by atoms with Gasteiger partial charge in [0.2, 0.25) is 0 Å². The lowest BCUT2D eigenvalue weighted by Crippen LogP contribution is -1.99. The summed E-state index contributed by atoms with van der Waals surface area (Å²) in [6, 6.07) is 0. The maximum Gasteiger partial charge on any atom is 0.171 e. The molecule has 64 valence electrons. The number of hydrogen-bond acceptors (Lipinski definition) is 3. The van der Waals surface area contributed by atoms with Crippen molar-refractivity contribution in [3.05, 3.63) is 11.9 Å². The molecule has 1 aliphatic rings. The first kappa shape index (κ1) is 7.46. The minimum Gasteiger partial charge on any atom is -0.296 e. The van der Waals surface area contributed by atoms with Gasteiger partial charge in [-0.3, -0.25) is 9.48 Å². The quantitative estimate of drug-likeness (QED) is 0.622. The Morgan fingerprint density at radius 3 is 3.08 bits per heavy atom. The number of aryl methyl sites for hydroxylation is 1. The molecule has 1 aliphatic carbocycles. The Hall–Kier alpha value is -1.19. The van der Waals surface area contributed by atoms with Gasteiger partial charge in [-0.25, -0.2) is 0 Å². The molecule has 0 radical (unpaired) electrons. The first-order chi connectivity index (χ1) is 5.88. The van der Waals surface area contributed by atoms with E-state index in [1.165, 1.54) is 19.3 Å². The van der Waals surface area contributed by atoms with Gasteiger partial charge < -0.3 is 0 Å². The van der Waals surface area contributed by atoms with Crippen LogP contribution < -0.4 is 0 Å². The van der Waals surface area contributed by atoms with Crippen molar-refractivity contribution in [1.82, 2.24) is 15.0 Å². The fourth-order valence-corrected chi connectivity index (χ4v) is 1.20. The van der Waals surface area contributed by atoms with Crippen LogP contribution >= 0.6 is 0 Å². The highest BCUT2D eigenvalue weighted by Crippen LogP contribution is 2.32. The summed E-state index contributed by atoms with van der Waals surface area (Å²) in [4.78, 5) is 10.3. The molecule has 4 nitrogen and oxygen atoms in total. The van der Waals surface area contributed by atoms with Crippen LogP contribution in [0.25, 0.3) is 0 Å². The Bertz CT molecular complexity index is 278. The largest absolute Gasteiger partial charge is 0.296 e. The van der Waals surface area contributed by atoms with E-state index in [1.807, 2.05) is 0 Å². The third-order valence-corrected chi connectivity index (χ3v) is 2.14. The second-order valence-corrected chi connectivity index (χ2v) is 3.26. The summed E-state index contributed by atoms with van der Waals surface area (Å²) in [5.74, 6) is 0.897. The third-order valence-electron chi connectivity index (χ3n) is 2.14. The predicted octanol–water partition coefficient (Wildman–Crippen LogP) is 0.891. The smallest absolute Gasteiger partial charge is 0.171 e. The zero-order valence-corrected chi connectivity index (χ0v) is 6.81. The van der Waals surface area contributed by atoms with E-state index in [9.17, 15) is 4.79 Å². The van der Waals surface area contributed by atoms with Gasteiger partial charge in [0.1, 0.15) is 5.69 Å². The highest BCUT2D eigenvalue weighted by Gasteiger charge is 2.20. The Morgan fingerprint density at radius 1 is 1.67 bits per heavy atom. The first-order valence-corrected chi connectivity index (χ1v) is 4.24. The Morgan fingerprint density at radius 2 is 2.50 bits per heavy atom. The van der Waals surface area contributed by atoms with Crippen LogP contribution in [0.3, 0.4) is 0 Å². The summed E-state index contributed by atoms with van der Waals surface area (Å²) in [6.07, 6.45) is 6.29. The van der Waals surface area contributed by atoms with Crippen molar-refractivity contribution in [2.45, 2.75) is 25.8 Å². The molecule has 1 saturated carbocycles. The van der Waals surface area contributed by atoms with Gasteiger partial charge in [-0.2, -0.15) is 0 Å². The minimum atomic E-state index is 0.422. The Kier molecular flexibility index (Phi) is 1.89. The molecule has 0 atom stereocenters. The number of aldehydes is 1. The molecule has 0 saturated heterocycles. The number of carbonyl (C=O) groups is 1. The van der Waals surface area contributed by atoms with Crippen molar-refractivity contribution in [1.29, 1.82) is 0 Å². The van der Waals surface area contributed by atoms with Crippen LogP contribution in [-0.2, 0) is 6.54 Å². The molecular weight excluding hydrogens is 154 g/mol. The molecule has 1 aromatic rings. The maximum atomic E-state index is 10.3. The van der Waals surface area contributed by atoms with Gasteiger partial charge in [-0.15, -0.1) is 5.10 Å². The molecule has 0 bridgehead atoms. The summed E-state index contributed by atoms with van der Waals surface area (Å²) in [7, 11) is 0. The highest BCUT2D eigenvalue weighted by molar-refractivity contribution is 5.70. The summed E-state index contributed by atoms with van der Waals surface area (Å²) >= 11 is 0. The van der Waals surface area contributed by atoms with Gasteiger partial charge in [0.25, 0.3) is 0 Å². The highest BCUT2D eigenvalue weighted by atomic mass is 16.1. The van der Waals surface area contributed by atoms with Crippen LogP contribution in [0.5, 0.6) is 0 Å². The van der Waals surface area contributed by atoms with Gasteiger partial charge in [0.05, 0.1) is 6.20 Å². The summed E-state index contributed by atoms with van der Waals surface area (Å²) in [5, 5.41) is 7.50. The molecule has 0 N–H and O–H groups in total. The molecular formula is C8H11N3O. The maximum absolute atomic E-state index is 10.3. The van der Waals surface area contributed by atoms with Crippen molar-refractivity contribution < 1.29 is 4.79 Å². The Labute approximate surface area is 70.6 Å². The number of rotatable bonds is 4. The average Bonchev–Trinajstić information content (AvgIpc) is 2.81. The van der Waals surface area contributed by atoms with Crippen LogP contribution in [0.2, 0.25) is 0 Å². The van der Waals surface area contributed by atoms with Crippen molar-refractivity contribution >= 4 is 6.29 Å². The molecule has 1 aromatic heterocycles. The minimum absolute atomic E-state index is 0.422. The zero-order chi connectivity index (χ0) is 8.39. The number of nitrogens with zero attached hydrogens (tertiary/aromatic N) is 3. The van der Waals surface area contributed by atoms with Crippen LogP contribution in [0.4, 0.5) is 0 Å². The summed E-state index contributed by atoms with van der Waals surface area (Å²) in [5.41, 5.74) is 0.422. The van der Waals surface area contributed by atoms with E-state index in [2.05, 4.69) is 10.3 Å². The fourth-order valence-electron chi connectivity index (χ4n) is 1.20. The molecule has 0 unspecified atom stereocenters. The lowest BCUT2D eigenvalue weighted by Gasteiger charge is -1.95. The second kappa shape index (κ2) is 3.05. The van der Waals surface area contributed by atoms with Crippen molar-refractivity contribution in [3.8, 4) is 0 Å². The first-order valence-electron chi connectivity index (χ1n) is 4.24. The molecule has 1 fully saturated rings. The van der Waals surface area contributed by atoms with Crippen LogP contribution in [-0.4, -0.2) is 21.3 Å². The van der Waals surface area contributed by atoms with Gasteiger partial charge in [-0.05, 0) is 12.3 Å². The lowest BCUT2D eigenvalue weighted by atomic mass is 10.3. The third kappa shape index (κ3) is 1.69. The van der Waals surface area contributed by atoms with E-state index >= 15 is 0 Å². The van der Waals surface area contributed by atoms with Crippen molar-refractivity contribution in [3.63, 3.8) is 0 Å². The SMILES string of the molecule is O=Cc1cn(CCC2CC2)nn1. The molecule has 12 heavy (non-hydrogen) atoms. The van der Waals surface area contributed by atoms with Gasteiger partial charge >= 0.3 is 0 Å². The molecule has 0 spiro atoms. The standard InChI is InChI=1S/C8H11N3O/c12-6-8-5-11(10-9-8)4-3-7-1-2-7/h5-7H,1-4H2. The van der Waals surface area contributed by atoms with Crippen LogP contribution in [0.1, 0.15) is 29.8 Å². The van der Waals surface area contributed by atoms with Gasteiger partial charge in [0.15, 0.2) is 6.29 Å². The van der Waals surface area contributed by atoms with Crippen LogP contribution in [0.15, 0.2) is 6.20 Å². The average molecular weight is 165 g/mol. The summed E-state index contributed by atoms with van der Waals surface area (Å²) in [6.45, 7) is 0.894. The number of aromatic nitrogens is 3. The normalized spacial score (nSPS) is 16.3. The second-order valence-electron chi connectivity index (χ2n) is 3.26. The van der Waals surface area contributed by atoms with E-state index in [1.54, 1.807) is 10.9 Å². The fraction of sp³-hybridized carbons (Fsp3) is 0.625. The molecule has 0 aliphatic heterocycles. The number of hydrogen-bond donors (Lipinski definition) is 0. The van der Waals surface area contributed by atoms with E-state index in [0.717, 1.165) is 18.7 Å². The topological polar surface area (TPSA) is 47.8 Å². The molecule has 2 rings (SSSR count). The van der Waals surface area contributed by atoms with Crippen molar-refractivity contribution in [2.24, 2.45) is 5.92 Å². The molecule has 1 heterocycles. The van der Waals surface area contributed by atoms with E-state index in [0.29, 0.717) is 5.69 Å². The molecule has 0 aromatic carbocycles. The van der Waals surface area contributed by atoms with Gasteiger partial charge in [0, 0.05) is 6.54 Å². The summed E-state index contributed by atoms with van der Waals surface area (Å²) < 4.78 is 1.74. The molecule has 4 heteroatoms. The lowest BCUT2D eigenvalue weighted by molar-refractivity contribution is 0.111. The zero-order valence-electron chi connectivity index (χ0n) is 6.81. The van der Waals surface area contributed by atoms with Crippen molar-refractivity contribution in [2.75, 3.05) is 0 Å². The van der Waals surface area contributed by atoms with E-state index in [4.69, 9.17) is 0 Å². The number of carbonyl (C=O) groups excluding carboxylic acids is 1. The van der Waals surface area contributed by atoms with Gasteiger partial charge in [-0.1, -0.05) is 18.1 Å².